The highest BCUT2D eigenvalue weighted by Gasteiger charge is 2.30. The van der Waals surface area contributed by atoms with Crippen LogP contribution < -0.4 is 15.4 Å². The molecule has 8 heteroatoms. The SMILES string of the molecule is COc1c(Br)cccc1Nc1cc(NC(=O)C2CC2)nc2ccnn12. The number of anilines is 3. The fourth-order valence-electron chi connectivity index (χ4n) is 2.59. The van der Waals surface area contributed by atoms with Crippen LogP contribution in [0.2, 0.25) is 0 Å². The number of rotatable bonds is 5. The molecule has 3 aromatic rings. The van der Waals surface area contributed by atoms with E-state index in [2.05, 4.69) is 36.6 Å². The number of carbonyl (C=O) groups excluding carboxylic acids is 1. The second kappa shape index (κ2) is 6.36. The largest absolute Gasteiger partial charge is 0.493 e. The van der Waals surface area contributed by atoms with Crippen LogP contribution in [0.1, 0.15) is 12.8 Å². The molecule has 0 bridgehead atoms. The van der Waals surface area contributed by atoms with Gasteiger partial charge in [0.1, 0.15) is 11.6 Å². The predicted octanol–water partition coefficient (Wildman–Crippen LogP) is 3.59. The molecule has 1 saturated carbocycles. The number of nitrogens with zero attached hydrogens (tertiary/aromatic N) is 3. The number of ether oxygens (including phenoxy) is 1. The average molecular weight is 402 g/mol. The normalized spacial score (nSPS) is 13.7. The number of nitrogens with one attached hydrogen (secondary N) is 2. The Hall–Kier alpha value is -2.61. The van der Waals surface area contributed by atoms with Gasteiger partial charge < -0.3 is 15.4 Å². The number of fused-ring (bicyclic) bond motifs is 1. The Kier molecular flexibility index (Phi) is 4.04. The maximum absolute atomic E-state index is 12.0. The van der Waals surface area contributed by atoms with E-state index in [4.69, 9.17) is 4.74 Å². The van der Waals surface area contributed by atoms with E-state index < -0.39 is 0 Å². The molecule has 2 aromatic heterocycles. The molecule has 0 spiro atoms. The number of hydrogen-bond acceptors (Lipinski definition) is 5. The van der Waals surface area contributed by atoms with Crippen LogP contribution in [-0.4, -0.2) is 27.6 Å². The Morgan fingerprint density at radius 1 is 1.36 bits per heavy atom. The van der Waals surface area contributed by atoms with Crippen molar-refractivity contribution >= 4 is 44.8 Å². The molecule has 1 aliphatic rings. The molecular weight excluding hydrogens is 386 g/mol. The van der Waals surface area contributed by atoms with Crippen LogP contribution in [-0.2, 0) is 4.79 Å². The monoisotopic (exact) mass is 401 g/mol. The molecule has 7 nitrogen and oxygen atoms in total. The van der Waals surface area contributed by atoms with Crippen LogP contribution in [0.4, 0.5) is 17.3 Å². The van der Waals surface area contributed by atoms with Gasteiger partial charge in [0.25, 0.3) is 0 Å². The third-order valence-corrected chi connectivity index (χ3v) is 4.62. The Morgan fingerprint density at radius 3 is 2.96 bits per heavy atom. The topological polar surface area (TPSA) is 80.5 Å². The van der Waals surface area contributed by atoms with Crippen molar-refractivity contribution in [3.8, 4) is 5.75 Å². The van der Waals surface area contributed by atoms with E-state index in [1.807, 2.05) is 18.2 Å². The lowest BCUT2D eigenvalue weighted by atomic mass is 10.3. The van der Waals surface area contributed by atoms with Crippen LogP contribution in [0.5, 0.6) is 5.75 Å². The smallest absolute Gasteiger partial charge is 0.228 e. The molecular formula is C17H16BrN5O2. The summed E-state index contributed by atoms with van der Waals surface area (Å²) in [5.74, 6) is 1.99. The van der Waals surface area contributed by atoms with Crippen molar-refractivity contribution in [2.75, 3.05) is 17.7 Å². The summed E-state index contributed by atoms with van der Waals surface area (Å²) >= 11 is 3.48. The van der Waals surface area contributed by atoms with E-state index in [9.17, 15) is 4.79 Å². The van der Waals surface area contributed by atoms with Gasteiger partial charge in [-0.05, 0) is 40.9 Å². The summed E-state index contributed by atoms with van der Waals surface area (Å²) in [6.45, 7) is 0. The van der Waals surface area contributed by atoms with E-state index in [-0.39, 0.29) is 11.8 Å². The van der Waals surface area contributed by atoms with Crippen LogP contribution in [0.15, 0.2) is 41.0 Å². The van der Waals surface area contributed by atoms with Gasteiger partial charge in [-0.25, -0.2) is 4.98 Å². The Bertz CT molecular complexity index is 951. The van der Waals surface area contributed by atoms with Crippen molar-refractivity contribution in [3.63, 3.8) is 0 Å². The van der Waals surface area contributed by atoms with Crippen molar-refractivity contribution in [1.29, 1.82) is 0 Å². The third kappa shape index (κ3) is 3.17. The predicted molar refractivity (Wildman–Crippen MR) is 98.3 cm³/mol. The standard InChI is InChI=1S/C17H16BrN5O2/c1-25-16-11(18)3-2-4-12(16)20-15-9-13(22-17(24)10-5-6-10)21-14-7-8-19-23(14)15/h2-4,7-10,20H,5-6H2,1H3,(H,21,22,24). The average Bonchev–Trinajstić information content (AvgIpc) is 3.34. The van der Waals surface area contributed by atoms with Gasteiger partial charge in [0.15, 0.2) is 11.4 Å². The molecule has 25 heavy (non-hydrogen) atoms. The van der Waals surface area contributed by atoms with Crippen LogP contribution in [0.3, 0.4) is 0 Å². The van der Waals surface area contributed by atoms with E-state index in [0.717, 1.165) is 23.0 Å². The third-order valence-electron chi connectivity index (χ3n) is 3.99. The molecule has 1 aliphatic carbocycles. The van der Waals surface area contributed by atoms with Gasteiger partial charge in [0, 0.05) is 18.1 Å². The first-order chi connectivity index (χ1) is 12.2. The summed E-state index contributed by atoms with van der Waals surface area (Å²) in [5, 5.41) is 10.5. The number of para-hydroxylation sites is 1. The van der Waals surface area contributed by atoms with E-state index >= 15 is 0 Å². The minimum absolute atomic E-state index is 0.0161. The van der Waals surface area contributed by atoms with Crippen LogP contribution in [0, 0.1) is 5.92 Å². The molecule has 128 valence electrons. The van der Waals surface area contributed by atoms with Gasteiger partial charge in [-0.15, -0.1) is 0 Å². The number of benzene rings is 1. The zero-order valence-electron chi connectivity index (χ0n) is 13.5. The zero-order chi connectivity index (χ0) is 17.4. The quantitative estimate of drug-likeness (QED) is 0.682. The first-order valence-corrected chi connectivity index (χ1v) is 8.70. The molecule has 0 aliphatic heterocycles. The first-order valence-electron chi connectivity index (χ1n) is 7.91. The summed E-state index contributed by atoms with van der Waals surface area (Å²) in [4.78, 5) is 16.5. The first kappa shape index (κ1) is 15.9. The van der Waals surface area contributed by atoms with Gasteiger partial charge in [0.2, 0.25) is 5.91 Å². The Labute approximate surface area is 152 Å². The molecule has 0 radical (unpaired) electrons. The number of methoxy groups -OCH3 is 1. The highest BCUT2D eigenvalue weighted by atomic mass is 79.9. The molecule has 4 rings (SSSR count). The second-order valence-electron chi connectivity index (χ2n) is 5.84. The number of halogens is 1. The summed E-state index contributed by atoms with van der Waals surface area (Å²) in [7, 11) is 1.61. The van der Waals surface area contributed by atoms with Crippen molar-refractivity contribution < 1.29 is 9.53 Å². The fourth-order valence-corrected chi connectivity index (χ4v) is 3.12. The molecule has 0 saturated heterocycles. The number of amides is 1. The summed E-state index contributed by atoms with van der Waals surface area (Å²) in [5.41, 5.74) is 1.42. The zero-order valence-corrected chi connectivity index (χ0v) is 15.1. The molecule has 1 fully saturated rings. The Balaban J connectivity index is 1.72. The minimum Gasteiger partial charge on any atom is -0.493 e. The summed E-state index contributed by atoms with van der Waals surface area (Å²) in [6, 6.07) is 9.27. The van der Waals surface area contributed by atoms with Gasteiger partial charge >= 0.3 is 0 Å². The van der Waals surface area contributed by atoms with Crippen LogP contribution in [0.25, 0.3) is 5.65 Å². The highest BCUT2D eigenvalue weighted by molar-refractivity contribution is 9.10. The molecule has 2 heterocycles. The molecule has 0 atom stereocenters. The van der Waals surface area contributed by atoms with E-state index in [1.165, 1.54) is 0 Å². The number of aromatic nitrogens is 3. The van der Waals surface area contributed by atoms with Gasteiger partial charge in [-0.2, -0.15) is 9.61 Å². The highest BCUT2D eigenvalue weighted by Crippen LogP contribution is 2.35. The van der Waals surface area contributed by atoms with Crippen molar-refractivity contribution in [2.45, 2.75) is 12.8 Å². The van der Waals surface area contributed by atoms with Gasteiger partial charge in [-0.3, -0.25) is 4.79 Å². The lowest BCUT2D eigenvalue weighted by Crippen LogP contribution is -2.15. The lowest BCUT2D eigenvalue weighted by molar-refractivity contribution is -0.117. The fraction of sp³-hybridized carbons (Fsp3) is 0.235. The Morgan fingerprint density at radius 2 is 2.20 bits per heavy atom. The number of hydrogen-bond donors (Lipinski definition) is 2. The molecule has 1 amide bonds. The van der Waals surface area contributed by atoms with E-state index in [0.29, 0.717) is 23.0 Å². The van der Waals surface area contributed by atoms with Crippen LogP contribution >= 0.6 is 15.9 Å². The van der Waals surface area contributed by atoms with Crippen molar-refractivity contribution in [1.82, 2.24) is 14.6 Å². The van der Waals surface area contributed by atoms with Crippen molar-refractivity contribution in [3.05, 3.63) is 41.0 Å². The molecule has 1 aromatic carbocycles. The van der Waals surface area contributed by atoms with Gasteiger partial charge in [0.05, 0.1) is 23.5 Å². The second-order valence-corrected chi connectivity index (χ2v) is 6.69. The number of carbonyl (C=O) groups is 1. The summed E-state index contributed by atoms with van der Waals surface area (Å²) < 4.78 is 7.97. The molecule has 0 unspecified atom stereocenters. The minimum atomic E-state index is 0.0161. The van der Waals surface area contributed by atoms with E-state index in [1.54, 1.807) is 30.0 Å². The maximum Gasteiger partial charge on any atom is 0.228 e. The van der Waals surface area contributed by atoms with Crippen molar-refractivity contribution in [2.24, 2.45) is 5.92 Å². The van der Waals surface area contributed by atoms with Gasteiger partial charge in [-0.1, -0.05) is 6.07 Å². The lowest BCUT2D eigenvalue weighted by Gasteiger charge is -2.14. The maximum atomic E-state index is 12.0. The summed E-state index contributed by atoms with van der Waals surface area (Å²) in [6.07, 6.45) is 3.56. The molecule has 2 N–H and O–H groups in total.